The smallest absolute Gasteiger partial charge is 0.295 e. The van der Waals surface area contributed by atoms with Gasteiger partial charge in [0.05, 0.1) is 16.6 Å². The van der Waals surface area contributed by atoms with Crippen LogP contribution in [0.25, 0.3) is 5.69 Å². The molecule has 3 aromatic rings. The van der Waals surface area contributed by atoms with E-state index in [2.05, 4.69) is 5.32 Å². The van der Waals surface area contributed by atoms with E-state index in [1.807, 2.05) is 18.2 Å². The first-order valence-electron chi connectivity index (χ1n) is 8.56. The second-order valence-electron chi connectivity index (χ2n) is 6.26. The van der Waals surface area contributed by atoms with Gasteiger partial charge in [0.2, 0.25) is 5.91 Å². The molecule has 28 heavy (non-hydrogen) atoms. The summed E-state index contributed by atoms with van der Waals surface area (Å²) in [7, 11) is 1.73. The molecule has 1 N–H and O–H groups in total. The van der Waals surface area contributed by atoms with Crippen molar-refractivity contribution in [1.29, 1.82) is 0 Å². The standard InChI is InChI=1S/C20H19F2N3O2S/c1-12-18(20(27)25(24(12)3)14-7-5-4-6-8-14)23-19(26)13(2)28-15-9-10-16(21)17(22)11-15/h4-11,13H,1-3H3,(H,23,26)/t13-/m1/s1. The minimum atomic E-state index is -0.970. The molecular weight excluding hydrogens is 384 g/mol. The van der Waals surface area contributed by atoms with E-state index in [4.69, 9.17) is 0 Å². The van der Waals surface area contributed by atoms with Crippen LogP contribution in [0.2, 0.25) is 0 Å². The van der Waals surface area contributed by atoms with Crippen LogP contribution >= 0.6 is 11.8 Å². The molecular formula is C20H19F2N3O2S. The van der Waals surface area contributed by atoms with Crippen molar-refractivity contribution in [2.45, 2.75) is 24.0 Å². The van der Waals surface area contributed by atoms with E-state index >= 15 is 0 Å². The lowest BCUT2D eigenvalue weighted by Gasteiger charge is -2.11. The average Bonchev–Trinajstić information content (AvgIpc) is 2.88. The molecule has 0 fully saturated rings. The van der Waals surface area contributed by atoms with Gasteiger partial charge in [-0.3, -0.25) is 14.3 Å². The highest BCUT2D eigenvalue weighted by Gasteiger charge is 2.21. The molecule has 0 saturated carbocycles. The van der Waals surface area contributed by atoms with Crippen molar-refractivity contribution in [2.24, 2.45) is 7.05 Å². The van der Waals surface area contributed by atoms with Gasteiger partial charge in [0, 0.05) is 11.9 Å². The van der Waals surface area contributed by atoms with Gasteiger partial charge >= 0.3 is 0 Å². The first-order chi connectivity index (χ1) is 13.3. The number of carbonyl (C=O) groups excluding carboxylic acids is 1. The van der Waals surface area contributed by atoms with Crippen molar-refractivity contribution >= 4 is 23.4 Å². The van der Waals surface area contributed by atoms with E-state index in [1.54, 1.807) is 37.7 Å². The van der Waals surface area contributed by atoms with Crippen molar-refractivity contribution in [2.75, 3.05) is 5.32 Å². The minimum absolute atomic E-state index is 0.189. The number of thioether (sulfide) groups is 1. The molecule has 0 unspecified atom stereocenters. The summed E-state index contributed by atoms with van der Waals surface area (Å²) in [6, 6.07) is 12.6. The fourth-order valence-electron chi connectivity index (χ4n) is 2.74. The fourth-order valence-corrected chi connectivity index (χ4v) is 3.64. The predicted octanol–water partition coefficient (Wildman–Crippen LogP) is 3.88. The van der Waals surface area contributed by atoms with Gasteiger partial charge in [-0.2, -0.15) is 0 Å². The Morgan fingerprint density at radius 1 is 1.11 bits per heavy atom. The van der Waals surface area contributed by atoms with Gasteiger partial charge in [-0.05, 0) is 44.2 Å². The van der Waals surface area contributed by atoms with Gasteiger partial charge in [0.25, 0.3) is 5.56 Å². The van der Waals surface area contributed by atoms with Crippen LogP contribution in [-0.2, 0) is 11.8 Å². The number of para-hydroxylation sites is 1. The summed E-state index contributed by atoms with van der Waals surface area (Å²) < 4.78 is 29.5. The molecule has 0 spiro atoms. The second kappa shape index (κ2) is 8.02. The molecule has 0 bridgehead atoms. The summed E-state index contributed by atoms with van der Waals surface area (Å²) in [5.74, 6) is -2.31. The maximum atomic E-state index is 13.4. The molecule has 1 heterocycles. The molecule has 1 atom stereocenters. The Hall–Kier alpha value is -2.87. The summed E-state index contributed by atoms with van der Waals surface area (Å²) in [6.45, 7) is 3.37. The summed E-state index contributed by atoms with van der Waals surface area (Å²) in [6.07, 6.45) is 0. The van der Waals surface area contributed by atoms with Gasteiger partial charge in [0.1, 0.15) is 5.69 Å². The van der Waals surface area contributed by atoms with E-state index in [1.165, 1.54) is 10.7 Å². The number of carbonyl (C=O) groups is 1. The first kappa shape index (κ1) is 19.9. The number of halogens is 2. The normalized spacial score (nSPS) is 12.0. The van der Waals surface area contributed by atoms with E-state index in [9.17, 15) is 18.4 Å². The van der Waals surface area contributed by atoms with Gasteiger partial charge < -0.3 is 5.32 Å². The molecule has 3 rings (SSSR count). The number of hydrogen-bond acceptors (Lipinski definition) is 3. The fraction of sp³-hybridized carbons (Fsp3) is 0.200. The van der Waals surface area contributed by atoms with Crippen LogP contribution in [-0.4, -0.2) is 20.5 Å². The van der Waals surface area contributed by atoms with Crippen molar-refractivity contribution in [3.63, 3.8) is 0 Å². The van der Waals surface area contributed by atoms with E-state index < -0.39 is 22.8 Å². The molecule has 5 nitrogen and oxygen atoms in total. The van der Waals surface area contributed by atoms with Crippen molar-refractivity contribution in [1.82, 2.24) is 9.36 Å². The van der Waals surface area contributed by atoms with Crippen molar-refractivity contribution < 1.29 is 13.6 Å². The Kier molecular flexibility index (Phi) is 5.69. The minimum Gasteiger partial charge on any atom is -0.319 e. The average molecular weight is 403 g/mol. The maximum absolute atomic E-state index is 13.4. The molecule has 146 valence electrons. The lowest BCUT2D eigenvalue weighted by atomic mass is 10.3. The van der Waals surface area contributed by atoms with Crippen LogP contribution in [0, 0.1) is 18.6 Å². The van der Waals surface area contributed by atoms with Crippen molar-refractivity contribution in [3.8, 4) is 5.69 Å². The Bertz CT molecular complexity index is 1080. The largest absolute Gasteiger partial charge is 0.319 e. The zero-order valence-electron chi connectivity index (χ0n) is 15.6. The Morgan fingerprint density at radius 2 is 1.79 bits per heavy atom. The number of nitrogens with one attached hydrogen (secondary N) is 1. The first-order valence-corrected chi connectivity index (χ1v) is 9.44. The number of rotatable bonds is 5. The highest BCUT2D eigenvalue weighted by molar-refractivity contribution is 8.00. The van der Waals surface area contributed by atoms with Crippen LogP contribution in [0.4, 0.5) is 14.5 Å². The molecule has 0 aliphatic rings. The molecule has 0 saturated heterocycles. The van der Waals surface area contributed by atoms with E-state index in [0.29, 0.717) is 16.3 Å². The Morgan fingerprint density at radius 3 is 2.43 bits per heavy atom. The monoisotopic (exact) mass is 403 g/mol. The topological polar surface area (TPSA) is 56.0 Å². The zero-order chi connectivity index (χ0) is 20.4. The number of nitrogens with zero attached hydrogens (tertiary/aromatic N) is 2. The molecule has 1 aromatic heterocycles. The third kappa shape index (κ3) is 3.87. The zero-order valence-corrected chi connectivity index (χ0v) is 16.4. The van der Waals surface area contributed by atoms with Crippen LogP contribution < -0.4 is 10.9 Å². The van der Waals surface area contributed by atoms with Gasteiger partial charge in [-0.1, -0.05) is 18.2 Å². The summed E-state index contributed by atoms with van der Waals surface area (Å²) >= 11 is 1.08. The third-order valence-electron chi connectivity index (χ3n) is 4.38. The summed E-state index contributed by atoms with van der Waals surface area (Å²) in [5.41, 5.74) is 1.13. The van der Waals surface area contributed by atoms with Crippen LogP contribution in [0.1, 0.15) is 12.6 Å². The van der Waals surface area contributed by atoms with E-state index in [-0.39, 0.29) is 11.2 Å². The third-order valence-corrected chi connectivity index (χ3v) is 5.47. The molecule has 0 aliphatic carbocycles. The number of anilines is 1. The molecule has 8 heteroatoms. The van der Waals surface area contributed by atoms with Gasteiger partial charge in [-0.15, -0.1) is 11.8 Å². The van der Waals surface area contributed by atoms with Crippen LogP contribution in [0.5, 0.6) is 0 Å². The molecule has 2 aromatic carbocycles. The SMILES string of the molecule is Cc1c(NC(=O)[C@@H](C)Sc2ccc(F)c(F)c2)c(=O)n(-c2ccccc2)n1C. The number of benzene rings is 2. The van der Waals surface area contributed by atoms with Gasteiger partial charge in [-0.25, -0.2) is 13.5 Å². The van der Waals surface area contributed by atoms with Crippen LogP contribution in [0.3, 0.4) is 0 Å². The Labute approximate surface area is 165 Å². The second-order valence-corrected chi connectivity index (χ2v) is 7.68. The predicted molar refractivity (Wildman–Crippen MR) is 106 cm³/mol. The van der Waals surface area contributed by atoms with Crippen molar-refractivity contribution in [3.05, 3.63) is 76.2 Å². The lowest BCUT2D eigenvalue weighted by molar-refractivity contribution is -0.115. The molecule has 0 aliphatic heterocycles. The number of amides is 1. The molecule has 0 radical (unpaired) electrons. The van der Waals surface area contributed by atoms with E-state index in [0.717, 1.165) is 23.9 Å². The Balaban J connectivity index is 1.82. The number of aromatic nitrogens is 2. The summed E-state index contributed by atoms with van der Waals surface area (Å²) in [4.78, 5) is 25.8. The molecule has 1 amide bonds. The quantitative estimate of drug-likeness (QED) is 0.658. The summed E-state index contributed by atoms with van der Waals surface area (Å²) in [5, 5.41) is 2.06. The van der Waals surface area contributed by atoms with Crippen LogP contribution in [0.15, 0.2) is 58.2 Å². The lowest BCUT2D eigenvalue weighted by Crippen LogP contribution is -2.27. The maximum Gasteiger partial charge on any atom is 0.295 e. The van der Waals surface area contributed by atoms with Gasteiger partial charge in [0.15, 0.2) is 11.6 Å². The highest BCUT2D eigenvalue weighted by Crippen LogP contribution is 2.26. The number of hydrogen-bond donors (Lipinski definition) is 1. The highest BCUT2D eigenvalue weighted by atomic mass is 32.2.